The van der Waals surface area contributed by atoms with E-state index in [0.717, 1.165) is 11.1 Å². The molecule has 1 heterocycles. The molecule has 0 N–H and O–H groups in total. The molecule has 0 radical (unpaired) electrons. The lowest BCUT2D eigenvalue weighted by Gasteiger charge is -2.07. The number of nitrogens with zero attached hydrogens (tertiary/aromatic N) is 3. The van der Waals surface area contributed by atoms with Crippen molar-refractivity contribution in [3.63, 3.8) is 0 Å². The Morgan fingerprint density at radius 2 is 1.91 bits per heavy atom. The van der Waals surface area contributed by atoms with Gasteiger partial charge in [-0.2, -0.15) is 5.26 Å². The van der Waals surface area contributed by atoms with E-state index in [4.69, 9.17) is 4.74 Å². The van der Waals surface area contributed by atoms with E-state index in [-0.39, 0.29) is 5.69 Å². The number of allylic oxidation sites excluding steroid dienone is 1. The molecule has 0 saturated carbocycles. The third-order valence-electron chi connectivity index (χ3n) is 4.63. The van der Waals surface area contributed by atoms with Crippen molar-refractivity contribution in [2.45, 2.75) is 6.61 Å². The van der Waals surface area contributed by atoms with Crippen LogP contribution in [0.1, 0.15) is 16.1 Å². The van der Waals surface area contributed by atoms with Gasteiger partial charge in [-0.3, -0.25) is 10.1 Å². The average molecular weight is 439 g/mol. The normalized spacial score (nSPS) is 11.0. The maximum atomic E-state index is 11.0. The van der Waals surface area contributed by atoms with Gasteiger partial charge in [-0.05, 0) is 29.3 Å². The highest BCUT2D eigenvalue weighted by Gasteiger charge is 2.12. The number of rotatable bonds is 7. The number of non-ortho nitro benzene ring substituents is 1. The maximum Gasteiger partial charge on any atom is 0.270 e. The number of benzene rings is 3. The van der Waals surface area contributed by atoms with Crippen LogP contribution in [0.4, 0.5) is 5.69 Å². The van der Waals surface area contributed by atoms with Crippen molar-refractivity contribution in [2.24, 2.45) is 0 Å². The van der Waals surface area contributed by atoms with E-state index < -0.39 is 4.92 Å². The van der Waals surface area contributed by atoms with E-state index in [1.165, 1.54) is 23.5 Å². The molecule has 0 aliphatic rings. The number of hydrogen-bond acceptors (Lipinski definition) is 6. The number of nitro groups is 1. The molecule has 0 saturated heterocycles. The first kappa shape index (κ1) is 21.0. The molecule has 0 fully saturated rings. The van der Waals surface area contributed by atoms with Crippen LogP contribution in [-0.4, -0.2) is 9.91 Å². The van der Waals surface area contributed by atoms with E-state index in [2.05, 4.69) is 11.1 Å². The Hall–Kier alpha value is -4.28. The minimum Gasteiger partial charge on any atom is -0.489 e. The average Bonchev–Trinajstić information content (AvgIpc) is 3.32. The van der Waals surface area contributed by atoms with Gasteiger partial charge in [0.2, 0.25) is 0 Å². The van der Waals surface area contributed by atoms with Gasteiger partial charge in [0.25, 0.3) is 5.69 Å². The van der Waals surface area contributed by atoms with Crippen molar-refractivity contribution in [3.05, 3.63) is 110 Å². The Bertz CT molecular complexity index is 1320. The molecule has 0 atom stereocenters. The van der Waals surface area contributed by atoms with E-state index >= 15 is 0 Å². The summed E-state index contributed by atoms with van der Waals surface area (Å²) >= 11 is 1.32. The van der Waals surface area contributed by atoms with Crippen molar-refractivity contribution in [2.75, 3.05) is 0 Å². The first-order valence-electron chi connectivity index (χ1n) is 9.72. The summed E-state index contributed by atoms with van der Waals surface area (Å²) in [6.07, 6.45) is 1.76. The molecule has 156 valence electrons. The van der Waals surface area contributed by atoms with Crippen molar-refractivity contribution < 1.29 is 9.66 Å². The summed E-state index contributed by atoms with van der Waals surface area (Å²) in [4.78, 5) is 15.1. The summed E-state index contributed by atoms with van der Waals surface area (Å²) in [5.74, 6) is 0.705. The SMILES string of the molecule is N#CC(=Cc1cccc(OCc2ccccc2)c1)c1nc(-c2cccc([N+](=O)[O-])c2)cs1. The summed E-state index contributed by atoms with van der Waals surface area (Å²) in [7, 11) is 0. The first-order valence-corrected chi connectivity index (χ1v) is 10.6. The van der Waals surface area contributed by atoms with Gasteiger partial charge >= 0.3 is 0 Å². The Morgan fingerprint density at radius 3 is 2.69 bits per heavy atom. The van der Waals surface area contributed by atoms with Crippen LogP contribution in [0, 0.1) is 21.4 Å². The smallest absolute Gasteiger partial charge is 0.270 e. The summed E-state index contributed by atoms with van der Waals surface area (Å²) < 4.78 is 5.87. The fourth-order valence-electron chi connectivity index (χ4n) is 3.05. The molecule has 0 aliphatic carbocycles. The summed E-state index contributed by atoms with van der Waals surface area (Å²) in [6.45, 7) is 0.457. The van der Waals surface area contributed by atoms with Crippen molar-refractivity contribution in [1.29, 1.82) is 5.26 Å². The Morgan fingerprint density at radius 1 is 1.09 bits per heavy atom. The zero-order valence-corrected chi connectivity index (χ0v) is 17.7. The molecule has 0 aliphatic heterocycles. The molecule has 0 amide bonds. The molecule has 3 aromatic carbocycles. The molecule has 4 aromatic rings. The van der Waals surface area contributed by atoms with Crippen LogP contribution in [0.3, 0.4) is 0 Å². The largest absolute Gasteiger partial charge is 0.489 e. The highest BCUT2D eigenvalue weighted by molar-refractivity contribution is 7.11. The summed E-state index contributed by atoms with van der Waals surface area (Å²) in [6, 6.07) is 25.9. The van der Waals surface area contributed by atoms with Crippen molar-refractivity contribution >= 4 is 28.7 Å². The van der Waals surface area contributed by atoms with Crippen LogP contribution in [0.2, 0.25) is 0 Å². The zero-order chi connectivity index (χ0) is 22.3. The van der Waals surface area contributed by atoms with Gasteiger partial charge in [0, 0.05) is 23.1 Å². The lowest BCUT2D eigenvalue weighted by Crippen LogP contribution is -1.95. The number of aromatic nitrogens is 1. The third kappa shape index (κ3) is 5.06. The minimum absolute atomic E-state index is 0.000386. The predicted molar refractivity (Wildman–Crippen MR) is 125 cm³/mol. The van der Waals surface area contributed by atoms with Gasteiger partial charge in [-0.15, -0.1) is 11.3 Å². The van der Waals surface area contributed by atoms with Crippen LogP contribution < -0.4 is 4.74 Å². The van der Waals surface area contributed by atoms with Gasteiger partial charge in [0.15, 0.2) is 0 Å². The monoisotopic (exact) mass is 439 g/mol. The summed E-state index contributed by atoms with van der Waals surface area (Å²) in [5, 5.41) is 23.1. The summed E-state index contributed by atoms with van der Waals surface area (Å²) in [5.41, 5.74) is 3.53. The number of ether oxygens (including phenoxy) is 1. The molecule has 0 spiro atoms. The molecular weight excluding hydrogens is 422 g/mol. The fourth-order valence-corrected chi connectivity index (χ4v) is 3.85. The fraction of sp³-hybridized carbons (Fsp3) is 0.0400. The van der Waals surface area contributed by atoms with E-state index in [9.17, 15) is 15.4 Å². The number of nitro benzene ring substituents is 1. The second kappa shape index (κ2) is 9.69. The Balaban J connectivity index is 1.54. The van der Waals surface area contributed by atoms with Crippen LogP contribution in [0.25, 0.3) is 22.9 Å². The molecule has 32 heavy (non-hydrogen) atoms. The van der Waals surface area contributed by atoms with Gasteiger partial charge < -0.3 is 4.74 Å². The molecule has 6 nitrogen and oxygen atoms in total. The molecule has 7 heteroatoms. The zero-order valence-electron chi connectivity index (χ0n) is 16.8. The molecular formula is C25H17N3O3S. The standard InChI is InChI=1S/C25H17N3O3S/c26-15-21(25-27-24(17-32-25)20-9-5-10-22(14-20)28(29)30)12-19-8-4-11-23(13-19)31-16-18-6-2-1-3-7-18/h1-14,17H,16H2. The quantitative estimate of drug-likeness (QED) is 0.190. The predicted octanol–water partition coefficient (Wildman–Crippen LogP) is 6.36. The lowest BCUT2D eigenvalue weighted by molar-refractivity contribution is -0.384. The lowest BCUT2D eigenvalue weighted by atomic mass is 10.1. The van der Waals surface area contributed by atoms with Gasteiger partial charge in [-0.25, -0.2) is 4.98 Å². The topological polar surface area (TPSA) is 89.0 Å². The molecule has 0 unspecified atom stereocenters. The van der Waals surface area contributed by atoms with Crippen LogP contribution in [0.5, 0.6) is 5.75 Å². The minimum atomic E-state index is -0.440. The van der Waals surface area contributed by atoms with E-state index in [0.29, 0.717) is 34.2 Å². The van der Waals surface area contributed by atoms with E-state index in [1.807, 2.05) is 54.6 Å². The van der Waals surface area contributed by atoms with Gasteiger partial charge in [-0.1, -0.05) is 54.6 Å². The second-order valence-corrected chi connectivity index (χ2v) is 7.72. The third-order valence-corrected chi connectivity index (χ3v) is 5.50. The highest BCUT2D eigenvalue weighted by Crippen LogP contribution is 2.29. The van der Waals surface area contributed by atoms with Gasteiger partial charge in [0.05, 0.1) is 16.2 Å². The molecule has 4 rings (SSSR count). The Labute approximate surface area is 188 Å². The molecule has 0 bridgehead atoms. The number of thiazole rings is 1. The van der Waals surface area contributed by atoms with Crippen LogP contribution in [0.15, 0.2) is 84.2 Å². The number of hydrogen-bond donors (Lipinski definition) is 0. The maximum absolute atomic E-state index is 11.0. The first-order chi connectivity index (χ1) is 15.6. The van der Waals surface area contributed by atoms with E-state index in [1.54, 1.807) is 23.6 Å². The number of nitriles is 1. The van der Waals surface area contributed by atoms with Gasteiger partial charge in [0.1, 0.15) is 23.4 Å². The molecule has 1 aromatic heterocycles. The van der Waals surface area contributed by atoms with Crippen LogP contribution >= 0.6 is 11.3 Å². The van der Waals surface area contributed by atoms with Crippen molar-refractivity contribution in [3.8, 4) is 23.1 Å². The highest BCUT2D eigenvalue weighted by atomic mass is 32.1. The van der Waals surface area contributed by atoms with Crippen LogP contribution in [-0.2, 0) is 6.61 Å². The van der Waals surface area contributed by atoms with Crippen molar-refractivity contribution in [1.82, 2.24) is 4.98 Å². The Kier molecular flexibility index (Phi) is 6.35. The second-order valence-electron chi connectivity index (χ2n) is 6.86.